The Kier molecular flexibility index (Phi) is 8.38. The van der Waals surface area contributed by atoms with Crippen LogP contribution in [0.25, 0.3) is 10.8 Å². The lowest BCUT2D eigenvalue weighted by molar-refractivity contribution is -0.122. The third-order valence-electron chi connectivity index (χ3n) is 7.53. The number of carbonyl (C=O) groups excluding carboxylic acids is 1. The van der Waals surface area contributed by atoms with E-state index in [1.807, 2.05) is 36.4 Å². The Balaban J connectivity index is 1.45. The SMILES string of the molecule is CN(C)CC1C(NC(=O)CC(NS(=O)(=O)c2ccc3ccccc3c2)c2ccccc2)c2ccccc2N(C)S1(=O)=O. The average molecular weight is 607 g/mol. The van der Waals surface area contributed by atoms with Crippen molar-refractivity contribution >= 4 is 42.4 Å². The fourth-order valence-corrected chi connectivity index (χ4v) is 8.55. The number of amides is 1. The molecular formula is C31H34N4O5S2. The summed E-state index contributed by atoms with van der Waals surface area (Å²) in [6.07, 6.45) is -0.236. The van der Waals surface area contributed by atoms with Gasteiger partial charge in [-0.2, -0.15) is 0 Å². The van der Waals surface area contributed by atoms with E-state index in [9.17, 15) is 21.6 Å². The number of benzene rings is 4. The van der Waals surface area contributed by atoms with Crippen molar-refractivity contribution in [2.24, 2.45) is 0 Å². The summed E-state index contributed by atoms with van der Waals surface area (Å²) < 4.78 is 58.2. The molecule has 0 fully saturated rings. The molecule has 0 saturated carbocycles. The van der Waals surface area contributed by atoms with E-state index in [0.717, 1.165) is 10.8 Å². The maximum atomic E-state index is 13.7. The molecule has 0 aliphatic carbocycles. The molecule has 0 aromatic heterocycles. The summed E-state index contributed by atoms with van der Waals surface area (Å²) in [4.78, 5) is 15.5. The number of sulfonamides is 2. The molecule has 1 aliphatic heterocycles. The number of rotatable bonds is 9. The highest BCUT2D eigenvalue weighted by molar-refractivity contribution is 7.93. The second-order valence-electron chi connectivity index (χ2n) is 10.7. The van der Waals surface area contributed by atoms with E-state index in [4.69, 9.17) is 0 Å². The van der Waals surface area contributed by atoms with Crippen molar-refractivity contribution in [3.05, 3.63) is 108 Å². The highest BCUT2D eigenvalue weighted by Crippen LogP contribution is 2.39. The molecule has 4 aromatic rings. The van der Waals surface area contributed by atoms with E-state index in [2.05, 4.69) is 10.0 Å². The minimum Gasteiger partial charge on any atom is -0.348 e. The topological polar surface area (TPSA) is 116 Å². The Morgan fingerprint density at radius 1 is 0.905 bits per heavy atom. The van der Waals surface area contributed by atoms with Crippen molar-refractivity contribution in [2.45, 2.75) is 28.6 Å². The standard InChI is InChI=1S/C31H34N4O5S2/c1-34(2)21-29-31(26-15-9-10-16-28(26)35(3)42(29,39)40)32-30(36)20-27(23-12-5-4-6-13-23)33-41(37,38)25-18-17-22-11-7-8-14-24(22)19-25/h4-19,27,29,31,33H,20-21H2,1-3H3,(H,32,36). The maximum Gasteiger partial charge on any atom is 0.241 e. The molecule has 4 aromatic carbocycles. The van der Waals surface area contributed by atoms with Gasteiger partial charge in [-0.05, 0) is 48.6 Å². The van der Waals surface area contributed by atoms with Gasteiger partial charge < -0.3 is 10.2 Å². The van der Waals surface area contributed by atoms with E-state index in [1.165, 1.54) is 11.4 Å². The second-order valence-corrected chi connectivity index (χ2v) is 14.6. The van der Waals surface area contributed by atoms with Gasteiger partial charge in [0.15, 0.2) is 0 Å². The number of nitrogens with zero attached hydrogens (tertiary/aromatic N) is 2. The molecule has 1 heterocycles. The number of para-hydroxylation sites is 1. The Morgan fingerprint density at radius 2 is 1.55 bits per heavy atom. The maximum absolute atomic E-state index is 13.7. The van der Waals surface area contributed by atoms with E-state index < -0.39 is 43.3 Å². The smallest absolute Gasteiger partial charge is 0.241 e. The number of fused-ring (bicyclic) bond motifs is 2. The number of hydrogen-bond acceptors (Lipinski definition) is 6. The molecule has 11 heteroatoms. The van der Waals surface area contributed by atoms with Crippen LogP contribution in [0.1, 0.15) is 29.6 Å². The Labute approximate surface area is 247 Å². The van der Waals surface area contributed by atoms with Crippen molar-refractivity contribution in [1.82, 2.24) is 14.9 Å². The summed E-state index contributed by atoms with van der Waals surface area (Å²) in [5.74, 6) is -0.478. The molecular weight excluding hydrogens is 572 g/mol. The van der Waals surface area contributed by atoms with Crippen LogP contribution in [0.5, 0.6) is 0 Å². The van der Waals surface area contributed by atoms with Gasteiger partial charge in [0.1, 0.15) is 5.25 Å². The second kappa shape index (κ2) is 11.8. The van der Waals surface area contributed by atoms with Crippen LogP contribution >= 0.6 is 0 Å². The van der Waals surface area contributed by atoms with Gasteiger partial charge in [-0.3, -0.25) is 9.10 Å². The first-order chi connectivity index (χ1) is 20.0. The normalized spacial score (nSPS) is 18.9. The minimum absolute atomic E-state index is 0.0870. The molecule has 1 aliphatic rings. The highest BCUT2D eigenvalue weighted by Gasteiger charge is 2.44. The first kappa shape index (κ1) is 29.7. The Morgan fingerprint density at radius 3 is 2.26 bits per heavy atom. The van der Waals surface area contributed by atoms with Gasteiger partial charge >= 0.3 is 0 Å². The summed E-state index contributed by atoms with van der Waals surface area (Å²) in [7, 11) is -2.75. The Bertz CT molecular complexity index is 1810. The predicted octanol–water partition coefficient (Wildman–Crippen LogP) is 3.82. The van der Waals surface area contributed by atoms with Gasteiger partial charge in [-0.15, -0.1) is 0 Å². The summed E-state index contributed by atoms with van der Waals surface area (Å²) >= 11 is 0. The van der Waals surface area contributed by atoms with Gasteiger partial charge in [-0.25, -0.2) is 21.6 Å². The van der Waals surface area contributed by atoms with Crippen molar-refractivity contribution in [3.8, 4) is 0 Å². The fourth-order valence-electron chi connectivity index (χ4n) is 5.40. The first-order valence-corrected chi connectivity index (χ1v) is 16.5. The van der Waals surface area contributed by atoms with Crippen LogP contribution in [0.3, 0.4) is 0 Å². The molecule has 3 unspecified atom stereocenters. The van der Waals surface area contributed by atoms with E-state index in [0.29, 0.717) is 16.8 Å². The average Bonchev–Trinajstić information content (AvgIpc) is 2.97. The van der Waals surface area contributed by atoms with Gasteiger partial charge in [0.2, 0.25) is 26.0 Å². The summed E-state index contributed by atoms with van der Waals surface area (Å²) in [6.45, 7) is 0.183. The number of anilines is 1. The van der Waals surface area contributed by atoms with Gasteiger partial charge in [0, 0.05) is 25.6 Å². The zero-order valence-electron chi connectivity index (χ0n) is 23.6. The number of nitrogens with one attached hydrogen (secondary N) is 2. The van der Waals surface area contributed by atoms with Crippen LogP contribution in [0.4, 0.5) is 5.69 Å². The zero-order valence-corrected chi connectivity index (χ0v) is 25.3. The molecule has 0 saturated heterocycles. The first-order valence-electron chi connectivity index (χ1n) is 13.5. The molecule has 220 valence electrons. The van der Waals surface area contributed by atoms with Gasteiger partial charge in [-0.1, -0.05) is 78.9 Å². The van der Waals surface area contributed by atoms with Gasteiger partial charge in [0.25, 0.3) is 0 Å². The zero-order chi connectivity index (χ0) is 30.1. The molecule has 1 amide bonds. The van der Waals surface area contributed by atoms with Crippen molar-refractivity contribution < 1.29 is 21.6 Å². The third-order valence-corrected chi connectivity index (χ3v) is 11.1. The lowest BCUT2D eigenvalue weighted by atomic mass is 9.99. The molecule has 3 atom stereocenters. The number of carbonyl (C=O) groups is 1. The molecule has 0 spiro atoms. The van der Waals surface area contributed by atoms with Crippen LogP contribution in [0, 0.1) is 0 Å². The monoisotopic (exact) mass is 606 g/mol. The lowest BCUT2D eigenvalue weighted by Gasteiger charge is -2.40. The van der Waals surface area contributed by atoms with E-state index in [1.54, 1.807) is 79.7 Å². The fraction of sp³-hybridized carbons (Fsp3) is 0.258. The lowest BCUT2D eigenvalue weighted by Crippen LogP contribution is -2.53. The Hall–Kier alpha value is -3.77. The summed E-state index contributed by atoms with van der Waals surface area (Å²) in [5.41, 5.74) is 1.79. The van der Waals surface area contributed by atoms with Gasteiger partial charge in [0.05, 0.1) is 22.7 Å². The largest absolute Gasteiger partial charge is 0.348 e. The van der Waals surface area contributed by atoms with Crippen LogP contribution < -0.4 is 14.3 Å². The summed E-state index contributed by atoms with van der Waals surface area (Å²) in [5, 5.41) is 3.70. The van der Waals surface area contributed by atoms with Crippen LogP contribution in [0.15, 0.2) is 102 Å². The quantitative estimate of drug-likeness (QED) is 0.299. The minimum atomic E-state index is -4.02. The highest BCUT2D eigenvalue weighted by atomic mass is 32.2. The van der Waals surface area contributed by atoms with Crippen molar-refractivity contribution in [1.29, 1.82) is 0 Å². The molecule has 0 bridgehead atoms. The molecule has 2 N–H and O–H groups in total. The molecule has 9 nitrogen and oxygen atoms in total. The van der Waals surface area contributed by atoms with E-state index >= 15 is 0 Å². The van der Waals surface area contributed by atoms with Crippen LogP contribution in [-0.4, -0.2) is 60.6 Å². The van der Waals surface area contributed by atoms with Crippen LogP contribution in [0.2, 0.25) is 0 Å². The third kappa shape index (κ3) is 6.05. The molecule has 5 rings (SSSR count). The van der Waals surface area contributed by atoms with Crippen LogP contribution in [-0.2, 0) is 24.8 Å². The number of hydrogen-bond donors (Lipinski definition) is 2. The molecule has 0 radical (unpaired) electrons. The van der Waals surface area contributed by atoms with Crippen molar-refractivity contribution in [2.75, 3.05) is 32.0 Å². The van der Waals surface area contributed by atoms with E-state index in [-0.39, 0.29) is 17.9 Å². The molecule has 42 heavy (non-hydrogen) atoms. The predicted molar refractivity (Wildman–Crippen MR) is 165 cm³/mol. The summed E-state index contributed by atoms with van der Waals surface area (Å²) in [6, 6.07) is 26.6. The van der Waals surface area contributed by atoms with Crippen molar-refractivity contribution in [3.63, 3.8) is 0 Å².